The minimum absolute atomic E-state index is 0.0948. The molecule has 3 amide bonds. The van der Waals surface area contributed by atoms with E-state index >= 15 is 0 Å². The molecule has 0 atom stereocenters. The second kappa shape index (κ2) is 11.4. The lowest BCUT2D eigenvalue weighted by atomic mass is 9.86. The van der Waals surface area contributed by atoms with Gasteiger partial charge in [-0.2, -0.15) is 0 Å². The lowest BCUT2D eigenvalue weighted by Gasteiger charge is -2.36. The molecular formula is C29H29Cl3N4O3. The van der Waals surface area contributed by atoms with Gasteiger partial charge < -0.3 is 15.4 Å². The number of carbonyl (C=O) groups excluding carboxylic acids is 2. The Kier molecular flexibility index (Phi) is 8.08. The van der Waals surface area contributed by atoms with Gasteiger partial charge in [-0.25, -0.2) is 4.79 Å². The summed E-state index contributed by atoms with van der Waals surface area (Å²) in [5, 5.41) is 7.39. The van der Waals surface area contributed by atoms with Crippen LogP contribution in [0.5, 0.6) is 0 Å². The Morgan fingerprint density at radius 2 is 1.64 bits per heavy atom. The number of fused-ring (bicyclic) bond motifs is 1. The van der Waals surface area contributed by atoms with E-state index in [4.69, 9.17) is 39.5 Å². The zero-order valence-corrected chi connectivity index (χ0v) is 24.0. The van der Waals surface area contributed by atoms with E-state index in [0.717, 1.165) is 22.3 Å². The number of hydrogen-bond acceptors (Lipinski definition) is 4. The predicted molar refractivity (Wildman–Crippen MR) is 156 cm³/mol. The number of anilines is 2. The second-order valence-electron chi connectivity index (χ2n) is 10.1. The molecule has 7 nitrogen and oxygen atoms in total. The number of nitrogens with zero attached hydrogens (tertiary/aromatic N) is 2. The summed E-state index contributed by atoms with van der Waals surface area (Å²) in [6.07, 6.45) is 0. The summed E-state index contributed by atoms with van der Waals surface area (Å²) in [6, 6.07) is 16.3. The number of amides is 3. The number of para-hydroxylation sites is 1. The fourth-order valence-electron chi connectivity index (χ4n) is 5.02. The van der Waals surface area contributed by atoms with E-state index in [9.17, 15) is 9.59 Å². The van der Waals surface area contributed by atoms with Crippen molar-refractivity contribution in [2.75, 3.05) is 37.7 Å². The molecule has 2 aliphatic heterocycles. The molecule has 0 bridgehead atoms. The molecule has 0 radical (unpaired) electrons. The van der Waals surface area contributed by atoms with E-state index in [1.165, 1.54) is 4.90 Å². The molecule has 2 heterocycles. The number of urea groups is 1. The van der Waals surface area contributed by atoms with Gasteiger partial charge in [0.15, 0.2) is 0 Å². The van der Waals surface area contributed by atoms with Crippen molar-refractivity contribution in [3.8, 4) is 11.1 Å². The van der Waals surface area contributed by atoms with E-state index in [2.05, 4.69) is 15.5 Å². The summed E-state index contributed by atoms with van der Waals surface area (Å²) < 4.78 is 5.40. The molecule has 204 valence electrons. The highest BCUT2D eigenvalue weighted by molar-refractivity contribution is 6.40. The van der Waals surface area contributed by atoms with E-state index in [0.29, 0.717) is 52.7 Å². The smallest absolute Gasteiger partial charge is 0.326 e. The molecule has 39 heavy (non-hydrogen) atoms. The quantitative estimate of drug-likeness (QED) is 0.352. The molecule has 0 aromatic heterocycles. The zero-order valence-electron chi connectivity index (χ0n) is 21.7. The van der Waals surface area contributed by atoms with Crippen molar-refractivity contribution in [2.45, 2.75) is 25.9 Å². The number of benzene rings is 3. The van der Waals surface area contributed by atoms with Crippen LogP contribution in [0.2, 0.25) is 15.1 Å². The van der Waals surface area contributed by atoms with Gasteiger partial charge in [0.2, 0.25) is 5.91 Å². The summed E-state index contributed by atoms with van der Waals surface area (Å²) in [5.41, 5.74) is 3.55. The fourth-order valence-corrected chi connectivity index (χ4v) is 5.83. The summed E-state index contributed by atoms with van der Waals surface area (Å²) >= 11 is 19.8. The lowest BCUT2D eigenvalue weighted by Crippen LogP contribution is -2.48. The third kappa shape index (κ3) is 5.74. The molecule has 0 aliphatic carbocycles. The molecule has 2 N–H and O–H groups in total. The number of halogens is 3. The first-order valence-corrected chi connectivity index (χ1v) is 13.8. The number of rotatable bonds is 6. The van der Waals surface area contributed by atoms with Gasteiger partial charge in [0.25, 0.3) is 0 Å². The van der Waals surface area contributed by atoms with Crippen LogP contribution in [0.3, 0.4) is 0 Å². The van der Waals surface area contributed by atoms with Gasteiger partial charge in [0.05, 0.1) is 46.7 Å². The van der Waals surface area contributed by atoms with Crippen LogP contribution in [-0.2, 0) is 21.6 Å². The van der Waals surface area contributed by atoms with E-state index in [-0.39, 0.29) is 25.0 Å². The van der Waals surface area contributed by atoms with Crippen molar-refractivity contribution in [3.63, 3.8) is 0 Å². The number of nitrogens with one attached hydrogen (secondary N) is 2. The number of hydrogen-bond donors (Lipinski definition) is 2. The third-order valence-electron chi connectivity index (χ3n) is 7.06. The highest BCUT2D eigenvalue weighted by Crippen LogP contribution is 2.45. The minimum atomic E-state index is -0.779. The second-order valence-corrected chi connectivity index (χ2v) is 11.3. The van der Waals surface area contributed by atoms with Crippen molar-refractivity contribution in [2.24, 2.45) is 0 Å². The van der Waals surface area contributed by atoms with Gasteiger partial charge in [0, 0.05) is 35.8 Å². The number of ether oxygens (including phenoxy) is 1. The molecular weight excluding hydrogens is 559 g/mol. The van der Waals surface area contributed by atoms with Crippen molar-refractivity contribution in [1.29, 1.82) is 0 Å². The molecule has 2 aliphatic rings. The highest BCUT2D eigenvalue weighted by Gasteiger charge is 2.34. The SMILES string of the molecule is CC(C)(NC(=O)CN1CCOCC1)c1cc(-c2ccccc2Cl)c2c(c1)N(c1c(Cl)cccc1Cl)C(=O)NC2. The van der Waals surface area contributed by atoms with Crippen LogP contribution in [0.4, 0.5) is 16.2 Å². The largest absolute Gasteiger partial charge is 0.379 e. The van der Waals surface area contributed by atoms with E-state index in [1.54, 1.807) is 18.2 Å². The maximum absolute atomic E-state index is 13.3. The van der Waals surface area contributed by atoms with Crippen LogP contribution < -0.4 is 15.5 Å². The average molecular weight is 588 g/mol. The molecule has 0 spiro atoms. The van der Waals surface area contributed by atoms with Gasteiger partial charge >= 0.3 is 6.03 Å². The van der Waals surface area contributed by atoms with Crippen molar-refractivity contribution < 1.29 is 14.3 Å². The standard InChI is InChI=1S/C29H29Cl3N4O3/c1-29(2,34-26(37)17-35-10-12-39-13-11-35)18-14-20(19-6-3-4-7-22(19)30)21-16-33-28(38)36(25(21)15-18)27-23(31)8-5-9-24(27)32/h3-9,14-15H,10-13,16-17H2,1-2H3,(H,33,38)(H,34,37). The number of carbonyl (C=O) groups is 2. The predicted octanol–water partition coefficient (Wildman–Crippen LogP) is 6.36. The van der Waals surface area contributed by atoms with Crippen LogP contribution in [-0.4, -0.2) is 49.7 Å². The summed E-state index contributed by atoms with van der Waals surface area (Å²) in [4.78, 5) is 30.0. The van der Waals surface area contributed by atoms with Crippen LogP contribution in [0.25, 0.3) is 11.1 Å². The summed E-state index contributed by atoms with van der Waals surface area (Å²) in [7, 11) is 0. The molecule has 3 aromatic carbocycles. The first-order valence-electron chi connectivity index (χ1n) is 12.7. The fraction of sp³-hybridized carbons (Fsp3) is 0.310. The normalized spacial score (nSPS) is 16.0. The van der Waals surface area contributed by atoms with Gasteiger partial charge in [-0.3, -0.25) is 14.6 Å². The Morgan fingerprint density at radius 3 is 2.33 bits per heavy atom. The van der Waals surface area contributed by atoms with Gasteiger partial charge in [-0.15, -0.1) is 0 Å². The van der Waals surface area contributed by atoms with Crippen LogP contribution in [0.1, 0.15) is 25.0 Å². The van der Waals surface area contributed by atoms with Gasteiger partial charge in [0.1, 0.15) is 0 Å². The van der Waals surface area contributed by atoms with Gasteiger partial charge in [-0.05, 0) is 55.3 Å². The Morgan fingerprint density at radius 1 is 0.974 bits per heavy atom. The Labute approximate surface area is 243 Å². The maximum atomic E-state index is 13.3. The van der Waals surface area contributed by atoms with Gasteiger partial charge in [-0.1, -0.05) is 59.1 Å². The van der Waals surface area contributed by atoms with Crippen molar-refractivity contribution in [3.05, 3.63) is 80.8 Å². The van der Waals surface area contributed by atoms with Crippen LogP contribution in [0.15, 0.2) is 54.6 Å². The monoisotopic (exact) mass is 586 g/mol. The maximum Gasteiger partial charge on any atom is 0.326 e. The Hall–Kier alpha value is -2.81. The van der Waals surface area contributed by atoms with Crippen LogP contribution in [0, 0.1) is 0 Å². The first-order chi connectivity index (χ1) is 18.7. The first kappa shape index (κ1) is 27.7. The topological polar surface area (TPSA) is 73.9 Å². The third-order valence-corrected chi connectivity index (χ3v) is 8.00. The number of morpholine rings is 1. The molecule has 1 saturated heterocycles. The lowest BCUT2D eigenvalue weighted by molar-refractivity contribution is -0.124. The molecule has 10 heteroatoms. The molecule has 3 aromatic rings. The average Bonchev–Trinajstić information content (AvgIpc) is 2.89. The molecule has 5 rings (SSSR count). The highest BCUT2D eigenvalue weighted by atomic mass is 35.5. The molecule has 0 unspecified atom stereocenters. The van der Waals surface area contributed by atoms with Crippen LogP contribution >= 0.6 is 34.8 Å². The molecule has 0 saturated carbocycles. The van der Waals surface area contributed by atoms with Crippen molar-refractivity contribution >= 4 is 58.1 Å². The minimum Gasteiger partial charge on any atom is -0.379 e. The Balaban J connectivity index is 1.63. The summed E-state index contributed by atoms with van der Waals surface area (Å²) in [6.45, 7) is 7.11. The van der Waals surface area contributed by atoms with E-state index < -0.39 is 5.54 Å². The Bertz CT molecular complexity index is 1400. The van der Waals surface area contributed by atoms with Crippen molar-refractivity contribution in [1.82, 2.24) is 15.5 Å². The molecule has 1 fully saturated rings. The zero-order chi connectivity index (χ0) is 27.7. The summed E-state index contributed by atoms with van der Waals surface area (Å²) in [5.74, 6) is -0.0948. The van der Waals surface area contributed by atoms with E-state index in [1.807, 2.05) is 50.2 Å².